The van der Waals surface area contributed by atoms with Crippen molar-refractivity contribution in [1.82, 2.24) is 9.97 Å². The van der Waals surface area contributed by atoms with E-state index in [9.17, 15) is 0 Å². The van der Waals surface area contributed by atoms with Crippen LogP contribution in [0.5, 0.6) is 0 Å². The Bertz CT molecular complexity index is 597. The molecule has 1 atom stereocenters. The maximum absolute atomic E-state index is 8.66. The number of rotatable bonds is 5. The molecule has 1 N–H and O–H groups in total. The van der Waals surface area contributed by atoms with Gasteiger partial charge < -0.3 is 9.42 Å². The zero-order chi connectivity index (χ0) is 15.6. The average molecular weight is 316 g/mol. The number of aromatic nitrogens is 2. The molecule has 1 saturated carbocycles. The van der Waals surface area contributed by atoms with Crippen LogP contribution in [0, 0.1) is 0 Å². The molecule has 0 radical (unpaired) electrons. The van der Waals surface area contributed by atoms with E-state index in [2.05, 4.69) is 16.5 Å². The molecular formula is C17H21N2O2P. The van der Waals surface area contributed by atoms with Gasteiger partial charge in [-0.2, -0.15) is 0 Å². The van der Waals surface area contributed by atoms with Crippen LogP contribution in [0.3, 0.4) is 0 Å². The summed E-state index contributed by atoms with van der Waals surface area (Å²) < 4.78 is 4.99. The molecule has 1 aromatic carbocycles. The van der Waals surface area contributed by atoms with Crippen molar-refractivity contribution >= 4 is 15.1 Å². The summed E-state index contributed by atoms with van der Waals surface area (Å²) in [7, 11) is -0.494. The zero-order valence-corrected chi connectivity index (χ0v) is 13.5. The van der Waals surface area contributed by atoms with Gasteiger partial charge in [-0.3, -0.25) is 0 Å². The monoisotopic (exact) mass is 316 g/mol. The Labute approximate surface area is 133 Å². The molecule has 0 aliphatic heterocycles. The topological polar surface area (TPSA) is 55.2 Å². The zero-order valence-electron chi connectivity index (χ0n) is 12.5. The Morgan fingerprint density at radius 1 is 1.23 bits per heavy atom. The molecule has 5 heteroatoms. The fraction of sp³-hybridized carbons (Fsp3) is 0.294. The third kappa shape index (κ3) is 5.30. The lowest BCUT2D eigenvalue weighted by Crippen LogP contribution is -1.91. The first-order valence-corrected chi connectivity index (χ1v) is 8.24. The van der Waals surface area contributed by atoms with Gasteiger partial charge in [0.15, 0.2) is 14.9 Å². The van der Waals surface area contributed by atoms with Gasteiger partial charge in [-0.1, -0.05) is 50.5 Å². The number of benzene rings is 1. The molecule has 3 rings (SSSR count). The summed E-state index contributed by atoms with van der Waals surface area (Å²) >= 11 is 0. The van der Waals surface area contributed by atoms with Crippen molar-refractivity contribution < 1.29 is 9.42 Å². The minimum Gasteiger partial charge on any atom is -0.352 e. The normalized spacial score (nSPS) is 13.3. The van der Waals surface area contributed by atoms with Crippen LogP contribution in [-0.2, 0) is 11.1 Å². The SMILES string of the molecule is C1CCC1.C=Cc1nccc(-c2cccc(COPO)c2)n1. The summed E-state index contributed by atoms with van der Waals surface area (Å²) in [6.07, 6.45) is 9.32. The Morgan fingerprint density at radius 3 is 2.64 bits per heavy atom. The molecule has 0 bridgehead atoms. The van der Waals surface area contributed by atoms with Gasteiger partial charge in [0.05, 0.1) is 12.3 Å². The highest BCUT2D eigenvalue weighted by molar-refractivity contribution is 7.24. The first-order chi connectivity index (χ1) is 10.8. The third-order valence-corrected chi connectivity index (χ3v) is 3.66. The van der Waals surface area contributed by atoms with E-state index in [1.807, 2.05) is 30.3 Å². The molecule has 4 nitrogen and oxygen atoms in total. The van der Waals surface area contributed by atoms with Gasteiger partial charge in [-0.25, -0.2) is 9.97 Å². The molecule has 1 fully saturated rings. The van der Waals surface area contributed by atoms with Crippen LogP contribution in [-0.4, -0.2) is 14.9 Å². The van der Waals surface area contributed by atoms with Crippen LogP contribution in [0.1, 0.15) is 37.1 Å². The van der Waals surface area contributed by atoms with E-state index in [1.54, 1.807) is 12.3 Å². The second kappa shape index (κ2) is 9.42. The van der Waals surface area contributed by atoms with E-state index in [1.165, 1.54) is 25.7 Å². The van der Waals surface area contributed by atoms with Gasteiger partial charge in [-0.05, 0) is 23.8 Å². The highest BCUT2D eigenvalue weighted by Crippen LogP contribution is 2.20. The number of hydrogen-bond acceptors (Lipinski definition) is 4. The largest absolute Gasteiger partial charge is 0.352 e. The fourth-order valence-corrected chi connectivity index (χ4v) is 2.05. The first kappa shape index (κ1) is 16.8. The van der Waals surface area contributed by atoms with E-state index in [0.717, 1.165) is 16.8 Å². The summed E-state index contributed by atoms with van der Waals surface area (Å²) in [4.78, 5) is 17.1. The third-order valence-electron chi connectivity index (χ3n) is 3.38. The Kier molecular flexibility index (Phi) is 7.17. The predicted octanol–water partition coefficient (Wildman–Crippen LogP) is 4.36. The van der Waals surface area contributed by atoms with E-state index < -0.39 is 9.03 Å². The molecular weight excluding hydrogens is 295 g/mol. The maximum atomic E-state index is 8.66. The van der Waals surface area contributed by atoms with Crippen LogP contribution in [0.25, 0.3) is 17.3 Å². The lowest BCUT2D eigenvalue weighted by Gasteiger charge is -2.05. The van der Waals surface area contributed by atoms with Crippen molar-refractivity contribution in [2.75, 3.05) is 0 Å². The molecule has 1 aliphatic carbocycles. The quantitative estimate of drug-likeness (QED) is 0.833. The molecule has 1 aliphatic rings. The molecule has 2 aromatic rings. The van der Waals surface area contributed by atoms with Crippen molar-refractivity contribution in [3.05, 3.63) is 54.5 Å². The van der Waals surface area contributed by atoms with Gasteiger partial charge in [0.1, 0.15) is 0 Å². The minimum absolute atomic E-state index is 0.391. The molecule has 0 amide bonds. The van der Waals surface area contributed by atoms with E-state index in [-0.39, 0.29) is 0 Å². The number of hydrogen-bond donors (Lipinski definition) is 1. The fourth-order valence-electron chi connectivity index (χ4n) is 1.82. The molecule has 0 saturated heterocycles. The van der Waals surface area contributed by atoms with Gasteiger partial charge in [0.2, 0.25) is 0 Å². The van der Waals surface area contributed by atoms with Crippen molar-refractivity contribution in [2.45, 2.75) is 32.3 Å². The minimum atomic E-state index is -0.494. The van der Waals surface area contributed by atoms with E-state index >= 15 is 0 Å². The lowest BCUT2D eigenvalue weighted by atomic mass is 10.0. The van der Waals surface area contributed by atoms with E-state index in [4.69, 9.17) is 9.42 Å². The summed E-state index contributed by atoms with van der Waals surface area (Å²) in [5.74, 6) is 0.603. The van der Waals surface area contributed by atoms with Gasteiger partial charge >= 0.3 is 0 Å². The Morgan fingerprint density at radius 2 is 2.00 bits per heavy atom. The first-order valence-electron chi connectivity index (χ1n) is 7.39. The smallest absolute Gasteiger partial charge is 0.152 e. The Hall–Kier alpha value is -1.61. The highest BCUT2D eigenvalue weighted by Gasteiger charge is 2.02. The van der Waals surface area contributed by atoms with Crippen molar-refractivity contribution in [3.63, 3.8) is 0 Å². The maximum Gasteiger partial charge on any atom is 0.152 e. The van der Waals surface area contributed by atoms with Crippen LogP contribution < -0.4 is 0 Å². The Balaban J connectivity index is 0.000000381. The molecule has 116 valence electrons. The second-order valence-corrected chi connectivity index (χ2v) is 5.47. The standard InChI is InChI=1S/C13H13N2O2P.C4H8/c1-2-13-14-7-6-12(15-13)11-5-3-4-10(8-11)9-17-18-16;1-2-4-3-1/h2-8,16,18H,1,9H2;1-4H2. The predicted molar refractivity (Wildman–Crippen MR) is 91.3 cm³/mol. The number of nitrogens with zero attached hydrogens (tertiary/aromatic N) is 2. The highest BCUT2D eigenvalue weighted by atomic mass is 31.1. The van der Waals surface area contributed by atoms with Crippen molar-refractivity contribution in [3.8, 4) is 11.3 Å². The average Bonchev–Trinajstić information content (AvgIpc) is 2.52. The molecule has 1 heterocycles. The summed E-state index contributed by atoms with van der Waals surface area (Å²) in [6.45, 7) is 4.04. The van der Waals surface area contributed by atoms with E-state index in [0.29, 0.717) is 12.4 Å². The van der Waals surface area contributed by atoms with Crippen LogP contribution in [0.4, 0.5) is 0 Å². The lowest BCUT2D eigenvalue weighted by molar-refractivity contribution is 0.316. The summed E-state index contributed by atoms with van der Waals surface area (Å²) in [5.41, 5.74) is 2.82. The van der Waals surface area contributed by atoms with Gasteiger partial charge in [-0.15, -0.1) is 0 Å². The summed E-state index contributed by atoms with van der Waals surface area (Å²) in [5, 5.41) is 0. The molecule has 1 unspecified atom stereocenters. The summed E-state index contributed by atoms with van der Waals surface area (Å²) in [6, 6.07) is 9.68. The molecule has 22 heavy (non-hydrogen) atoms. The van der Waals surface area contributed by atoms with Crippen LogP contribution >= 0.6 is 9.03 Å². The van der Waals surface area contributed by atoms with Crippen LogP contribution in [0.2, 0.25) is 0 Å². The van der Waals surface area contributed by atoms with Crippen molar-refractivity contribution in [2.24, 2.45) is 0 Å². The van der Waals surface area contributed by atoms with Crippen LogP contribution in [0.15, 0.2) is 43.1 Å². The molecule has 1 aromatic heterocycles. The second-order valence-electron chi connectivity index (χ2n) is 5.00. The van der Waals surface area contributed by atoms with Crippen molar-refractivity contribution in [1.29, 1.82) is 0 Å². The van der Waals surface area contributed by atoms with Gasteiger partial charge in [0, 0.05) is 11.8 Å². The molecule has 0 spiro atoms. The van der Waals surface area contributed by atoms with Gasteiger partial charge in [0.25, 0.3) is 0 Å².